The molecule has 0 bridgehead atoms. The molecule has 1 aromatic rings. The van der Waals surface area contributed by atoms with Gasteiger partial charge in [0, 0.05) is 31.2 Å². The molecule has 19 heavy (non-hydrogen) atoms. The predicted molar refractivity (Wildman–Crippen MR) is 87.6 cm³/mol. The molecule has 0 amide bonds. The Morgan fingerprint density at radius 3 is 2.32 bits per heavy atom. The molecule has 0 fully saturated rings. The Bertz CT molecular complexity index is 447. The lowest BCUT2D eigenvalue weighted by Crippen LogP contribution is -2.24. The van der Waals surface area contributed by atoms with Crippen LogP contribution in [0.4, 0.5) is 11.4 Å². The van der Waals surface area contributed by atoms with Crippen LogP contribution in [0.2, 0.25) is 0 Å². The Morgan fingerprint density at radius 1 is 1.21 bits per heavy atom. The molecule has 1 heterocycles. The first-order valence-corrected chi connectivity index (χ1v) is 7.84. The van der Waals surface area contributed by atoms with E-state index in [4.69, 9.17) is 4.99 Å². The van der Waals surface area contributed by atoms with Crippen LogP contribution in [0, 0.1) is 0 Å². The molecule has 4 heteroatoms. The summed E-state index contributed by atoms with van der Waals surface area (Å²) in [5.74, 6) is 1.10. The molecule has 3 nitrogen and oxygen atoms in total. The minimum Gasteiger partial charge on any atom is -0.378 e. The van der Waals surface area contributed by atoms with Gasteiger partial charge in [-0.2, -0.15) is 0 Å². The maximum absolute atomic E-state index is 4.87. The second-order valence-electron chi connectivity index (χ2n) is 5.20. The van der Waals surface area contributed by atoms with Gasteiger partial charge in [-0.25, -0.2) is 0 Å². The van der Waals surface area contributed by atoms with E-state index in [1.165, 1.54) is 5.69 Å². The van der Waals surface area contributed by atoms with E-state index in [9.17, 15) is 0 Å². The van der Waals surface area contributed by atoms with Gasteiger partial charge in [0.05, 0.1) is 5.54 Å². The van der Waals surface area contributed by atoms with Gasteiger partial charge in [-0.15, -0.1) is 0 Å². The lowest BCUT2D eigenvalue weighted by molar-refractivity contribution is 0.456. The Balaban J connectivity index is 2.06. The van der Waals surface area contributed by atoms with Crippen molar-refractivity contribution >= 4 is 28.3 Å². The van der Waals surface area contributed by atoms with Crippen molar-refractivity contribution in [1.29, 1.82) is 0 Å². The zero-order chi connectivity index (χ0) is 13.9. The van der Waals surface area contributed by atoms with E-state index in [1.807, 2.05) is 11.8 Å². The summed E-state index contributed by atoms with van der Waals surface area (Å²) < 4.78 is 0. The molecule has 1 aliphatic heterocycles. The summed E-state index contributed by atoms with van der Waals surface area (Å²) >= 11 is 1.83. The highest BCUT2D eigenvalue weighted by Crippen LogP contribution is 2.33. The van der Waals surface area contributed by atoms with Gasteiger partial charge in [0.15, 0.2) is 5.17 Å². The average molecular weight is 277 g/mol. The van der Waals surface area contributed by atoms with Crippen molar-refractivity contribution in [2.45, 2.75) is 32.2 Å². The fraction of sp³-hybridized carbons (Fsp3) is 0.533. The average Bonchev–Trinajstić information content (AvgIpc) is 2.83. The maximum atomic E-state index is 4.87. The normalized spacial score (nSPS) is 17.2. The monoisotopic (exact) mass is 277 g/mol. The third kappa shape index (κ3) is 3.24. The third-order valence-corrected chi connectivity index (χ3v) is 4.92. The van der Waals surface area contributed by atoms with Crippen LogP contribution in [0.5, 0.6) is 0 Å². The number of hydrogen-bond acceptors (Lipinski definition) is 4. The minimum atomic E-state index is 0.149. The first kappa shape index (κ1) is 14.3. The number of nitrogens with zero attached hydrogens (tertiary/aromatic N) is 2. The highest BCUT2D eigenvalue weighted by molar-refractivity contribution is 8.14. The Hall–Kier alpha value is -1.16. The summed E-state index contributed by atoms with van der Waals surface area (Å²) in [6.07, 6.45) is 2.22. The van der Waals surface area contributed by atoms with Crippen LogP contribution in [-0.2, 0) is 0 Å². The van der Waals surface area contributed by atoms with Crippen molar-refractivity contribution in [3.05, 3.63) is 24.3 Å². The second-order valence-corrected chi connectivity index (χ2v) is 6.17. The van der Waals surface area contributed by atoms with E-state index in [0.717, 1.165) is 29.4 Å². The van der Waals surface area contributed by atoms with Crippen molar-refractivity contribution in [2.75, 3.05) is 30.1 Å². The van der Waals surface area contributed by atoms with Crippen LogP contribution < -0.4 is 10.2 Å². The van der Waals surface area contributed by atoms with E-state index >= 15 is 0 Å². The molecule has 0 spiro atoms. The number of anilines is 2. The molecule has 0 saturated carbocycles. The van der Waals surface area contributed by atoms with Gasteiger partial charge in [-0.1, -0.05) is 25.6 Å². The van der Waals surface area contributed by atoms with Crippen molar-refractivity contribution < 1.29 is 0 Å². The molecule has 0 atom stereocenters. The van der Waals surface area contributed by atoms with Crippen LogP contribution in [0.3, 0.4) is 0 Å². The van der Waals surface area contributed by atoms with Gasteiger partial charge in [0.2, 0.25) is 0 Å². The molecule has 0 unspecified atom stereocenters. The van der Waals surface area contributed by atoms with Crippen LogP contribution >= 0.6 is 11.8 Å². The number of amidine groups is 1. The minimum absolute atomic E-state index is 0.149. The highest BCUT2D eigenvalue weighted by Gasteiger charge is 2.31. The Morgan fingerprint density at radius 2 is 1.84 bits per heavy atom. The lowest BCUT2D eigenvalue weighted by atomic mass is 9.97. The van der Waals surface area contributed by atoms with E-state index in [1.54, 1.807) is 0 Å². The topological polar surface area (TPSA) is 27.6 Å². The molecule has 0 aromatic heterocycles. The zero-order valence-corrected chi connectivity index (χ0v) is 13.0. The highest BCUT2D eigenvalue weighted by atomic mass is 32.2. The van der Waals surface area contributed by atoms with E-state index < -0.39 is 0 Å². The molecular weight excluding hydrogens is 254 g/mol. The quantitative estimate of drug-likeness (QED) is 0.906. The van der Waals surface area contributed by atoms with Gasteiger partial charge in [0.25, 0.3) is 0 Å². The Labute approximate surface area is 120 Å². The van der Waals surface area contributed by atoms with E-state index in [-0.39, 0.29) is 5.54 Å². The summed E-state index contributed by atoms with van der Waals surface area (Å²) in [5, 5.41) is 4.48. The van der Waals surface area contributed by atoms with Gasteiger partial charge in [0.1, 0.15) is 0 Å². The Kier molecular flexibility index (Phi) is 4.40. The second kappa shape index (κ2) is 5.87. The molecule has 0 radical (unpaired) electrons. The molecule has 0 saturated heterocycles. The molecule has 104 valence electrons. The number of rotatable bonds is 4. The maximum Gasteiger partial charge on any atom is 0.161 e. The molecule has 2 rings (SSSR count). The fourth-order valence-corrected chi connectivity index (χ4v) is 3.45. The first-order chi connectivity index (χ1) is 9.08. The number of nitrogens with one attached hydrogen (secondary N) is 1. The van der Waals surface area contributed by atoms with Gasteiger partial charge >= 0.3 is 0 Å². The van der Waals surface area contributed by atoms with Crippen molar-refractivity contribution in [3.63, 3.8) is 0 Å². The molecule has 1 aromatic carbocycles. The van der Waals surface area contributed by atoms with Crippen LogP contribution in [0.25, 0.3) is 0 Å². The van der Waals surface area contributed by atoms with Crippen LogP contribution in [0.1, 0.15) is 26.7 Å². The largest absolute Gasteiger partial charge is 0.378 e. The van der Waals surface area contributed by atoms with Crippen LogP contribution in [0.15, 0.2) is 29.3 Å². The third-order valence-electron chi connectivity index (χ3n) is 3.77. The molecule has 0 aliphatic carbocycles. The zero-order valence-electron chi connectivity index (χ0n) is 12.2. The van der Waals surface area contributed by atoms with Crippen LogP contribution in [-0.4, -0.2) is 30.6 Å². The smallest absolute Gasteiger partial charge is 0.161 e. The summed E-state index contributed by atoms with van der Waals surface area (Å²) in [5.41, 5.74) is 2.47. The van der Waals surface area contributed by atoms with E-state index in [2.05, 4.69) is 62.4 Å². The van der Waals surface area contributed by atoms with Gasteiger partial charge in [-0.05, 0) is 37.1 Å². The summed E-state index contributed by atoms with van der Waals surface area (Å²) in [4.78, 5) is 6.97. The van der Waals surface area contributed by atoms with Gasteiger partial charge < -0.3 is 10.2 Å². The summed E-state index contributed by atoms with van der Waals surface area (Å²) in [6, 6.07) is 8.46. The molecule has 1 aliphatic rings. The van der Waals surface area contributed by atoms with E-state index in [0.29, 0.717) is 0 Å². The van der Waals surface area contributed by atoms with Crippen molar-refractivity contribution in [1.82, 2.24) is 0 Å². The molecular formula is C15H23N3S. The SMILES string of the molecule is CCC1(CC)CSC(Nc2ccc(N(C)C)cc2)=N1. The van der Waals surface area contributed by atoms with Crippen molar-refractivity contribution in [2.24, 2.45) is 4.99 Å². The summed E-state index contributed by atoms with van der Waals surface area (Å²) in [6.45, 7) is 4.45. The number of thioether (sulfide) groups is 1. The van der Waals surface area contributed by atoms with Gasteiger partial charge in [-0.3, -0.25) is 4.99 Å². The number of hydrogen-bond donors (Lipinski definition) is 1. The standard InChI is InChI=1S/C15H23N3S/c1-5-15(6-2)11-19-14(17-15)16-12-7-9-13(10-8-12)18(3)4/h7-10H,5-6,11H2,1-4H3,(H,16,17). The van der Waals surface area contributed by atoms with Crippen molar-refractivity contribution in [3.8, 4) is 0 Å². The summed E-state index contributed by atoms with van der Waals surface area (Å²) in [7, 11) is 4.10. The molecule has 1 N–H and O–H groups in total. The fourth-order valence-electron chi connectivity index (χ4n) is 2.13. The first-order valence-electron chi connectivity index (χ1n) is 6.85. The predicted octanol–water partition coefficient (Wildman–Crippen LogP) is 3.83. The lowest BCUT2D eigenvalue weighted by Gasteiger charge is -2.20. The number of benzene rings is 1. The number of aliphatic imine (C=N–C) groups is 1.